The second-order valence-corrected chi connectivity index (χ2v) is 4.70. The molecule has 0 aliphatic carbocycles. The summed E-state index contributed by atoms with van der Waals surface area (Å²) in [6.07, 6.45) is 7.67. The minimum atomic E-state index is 1.02. The van der Waals surface area contributed by atoms with Crippen LogP contribution >= 0.6 is 11.3 Å². The molecule has 17 heavy (non-hydrogen) atoms. The van der Waals surface area contributed by atoms with Gasteiger partial charge in [0, 0.05) is 12.4 Å². The van der Waals surface area contributed by atoms with Crippen molar-refractivity contribution in [3.63, 3.8) is 0 Å². The third-order valence-corrected chi connectivity index (χ3v) is 3.41. The van der Waals surface area contributed by atoms with Gasteiger partial charge in [-0.05, 0) is 29.8 Å². The smallest absolute Gasteiger partial charge is 0.117 e. The summed E-state index contributed by atoms with van der Waals surface area (Å²) in [5, 5.41) is 1.02. The minimum Gasteiger partial charge on any atom is -0.264 e. The first-order valence-electron chi connectivity index (χ1n) is 5.35. The standard InChI is InChI=1S/C14H10N2S/c1-2-6-13-12(5-1)16-14(17-13)8-7-11-4-3-9-15-10-11/h1-10H. The van der Waals surface area contributed by atoms with Crippen molar-refractivity contribution >= 4 is 33.7 Å². The van der Waals surface area contributed by atoms with Crippen LogP contribution < -0.4 is 0 Å². The quantitative estimate of drug-likeness (QED) is 0.677. The molecule has 0 saturated heterocycles. The highest BCUT2D eigenvalue weighted by Gasteiger charge is 1.98. The van der Waals surface area contributed by atoms with E-state index in [1.807, 2.05) is 48.7 Å². The molecule has 0 amide bonds. The molecule has 0 unspecified atom stereocenters. The van der Waals surface area contributed by atoms with Crippen molar-refractivity contribution in [2.24, 2.45) is 0 Å². The Labute approximate surface area is 103 Å². The molecular weight excluding hydrogens is 228 g/mol. The fourth-order valence-electron chi connectivity index (χ4n) is 1.60. The number of benzene rings is 1. The van der Waals surface area contributed by atoms with E-state index in [0.717, 1.165) is 16.1 Å². The van der Waals surface area contributed by atoms with Gasteiger partial charge in [-0.2, -0.15) is 0 Å². The predicted molar refractivity (Wildman–Crippen MR) is 72.8 cm³/mol. The molecule has 0 atom stereocenters. The number of nitrogens with zero attached hydrogens (tertiary/aromatic N) is 2. The van der Waals surface area contributed by atoms with Gasteiger partial charge in [0.25, 0.3) is 0 Å². The van der Waals surface area contributed by atoms with Gasteiger partial charge in [0.2, 0.25) is 0 Å². The summed E-state index contributed by atoms with van der Waals surface area (Å²) in [7, 11) is 0. The third-order valence-electron chi connectivity index (χ3n) is 2.41. The zero-order valence-corrected chi connectivity index (χ0v) is 9.89. The molecule has 0 N–H and O–H groups in total. The Kier molecular flexibility index (Phi) is 2.68. The van der Waals surface area contributed by atoms with E-state index < -0.39 is 0 Å². The highest BCUT2D eigenvalue weighted by Crippen LogP contribution is 2.22. The lowest BCUT2D eigenvalue weighted by atomic mass is 10.3. The van der Waals surface area contributed by atoms with Crippen LogP contribution in [0, 0.1) is 0 Å². The molecule has 0 saturated carbocycles. The van der Waals surface area contributed by atoms with E-state index in [9.17, 15) is 0 Å². The van der Waals surface area contributed by atoms with Crippen LogP contribution in [0.25, 0.3) is 22.4 Å². The van der Waals surface area contributed by atoms with E-state index in [1.54, 1.807) is 17.5 Å². The van der Waals surface area contributed by atoms with Crippen molar-refractivity contribution in [1.82, 2.24) is 9.97 Å². The number of rotatable bonds is 2. The Morgan fingerprint density at radius 3 is 2.76 bits per heavy atom. The van der Waals surface area contributed by atoms with Crippen LogP contribution in [-0.4, -0.2) is 9.97 Å². The van der Waals surface area contributed by atoms with Crippen LogP contribution in [0.1, 0.15) is 10.6 Å². The van der Waals surface area contributed by atoms with Crippen molar-refractivity contribution in [1.29, 1.82) is 0 Å². The molecular formula is C14H10N2S. The number of aromatic nitrogens is 2. The zero-order chi connectivity index (χ0) is 11.5. The topological polar surface area (TPSA) is 25.8 Å². The van der Waals surface area contributed by atoms with Gasteiger partial charge in [-0.25, -0.2) is 4.98 Å². The normalized spacial score (nSPS) is 11.3. The summed E-state index contributed by atoms with van der Waals surface area (Å²) in [5.41, 5.74) is 2.15. The Balaban J connectivity index is 1.92. The average molecular weight is 238 g/mol. The Morgan fingerprint density at radius 1 is 1.00 bits per heavy atom. The van der Waals surface area contributed by atoms with Crippen molar-refractivity contribution in [2.45, 2.75) is 0 Å². The number of thiazole rings is 1. The number of hydrogen-bond acceptors (Lipinski definition) is 3. The lowest BCUT2D eigenvalue weighted by Crippen LogP contribution is -1.73. The molecule has 3 aromatic rings. The number of pyridine rings is 1. The SMILES string of the molecule is C(=Cc1nc2ccccc2s1)c1cccnc1. The van der Waals surface area contributed by atoms with Gasteiger partial charge in [0.1, 0.15) is 5.01 Å². The van der Waals surface area contributed by atoms with E-state index in [2.05, 4.69) is 16.0 Å². The maximum Gasteiger partial charge on any atom is 0.117 e. The van der Waals surface area contributed by atoms with Crippen molar-refractivity contribution in [3.05, 3.63) is 59.4 Å². The van der Waals surface area contributed by atoms with Crippen molar-refractivity contribution in [2.75, 3.05) is 0 Å². The summed E-state index contributed by atoms with van der Waals surface area (Å²) < 4.78 is 1.22. The minimum absolute atomic E-state index is 1.02. The molecule has 3 rings (SSSR count). The fourth-order valence-corrected chi connectivity index (χ4v) is 2.47. The van der Waals surface area contributed by atoms with Gasteiger partial charge in [0.15, 0.2) is 0 Å². The summed E-state index contributed by atoms with van der Waals surface area (Å²) in [6, 6.07) is 12.1. The van der Waals surface area contributed by atoms with Gasteiger partial charge < -0.3 is 0 Å². The zero-order valence-electron chi connectivity index (χ0n) is 9.08. The van der Waals surface area contributed by atoms with Crippen LogP contribution in [0.5, 0.6) is 0 Å². The monoisotopic (exact) mass is 238 g/mol. The molecule has 0 radical (unpaired) electrons. The molecule has 0 fully saturated rings. The third kappa shape index (κ3) is 2.24. The second kappa shape index (κ2) is 4.47. The molecule has 1 aromatic carbocycles. The van der Waals surface area contributed by atoms with Crippen LogP contribution in [0.3, 0.4) is 0 Å². The maximum absolute atomic E-state index is 4.54. The maximum atomic E-state index is 4.54. The number of hydrogen-bond donors (Lipinski definition) is 0. The average Bonchev–Trinajstić information content (AvgIpc) is 2.80. The molecule has 2 heterocycles. The Hall–Kier alpha value is -2.00. The number of fused-ring (bicyclic) bond motifs is 1. The molecule has 2 nitrogen and oxygen atoms in total. The molecule has 82 valence electrons. The van der Waals surface area contributed by atoms with Gasteiger partial charge in [-0.3, -0.25) is 4.98 Å². The van der Waals surface area contributed by atoms with Gasteiger partial charge in [-0.1, -0.05) is 24.3 Å². The molecule has 0 aliphatic rings. The highest BCUT2D eigenvalue weighted by molar-refractivity contribution is 7.19. The molecule has 2 aromatic heterocycles. The van der Waals surface area contributed by atoms with Gasteiger partial charge >= 0.3 is 0 Å². The summed E-state index contributed by atoms with van der Waals surface area (Å²) in [4.78, 5) is 8.61. The lowest BCUT2D eigenvalue weighted by Gasteiger charge is -1.88. The summed E-state index contributed by atoms with van der Waals surface area (Å²) >= 11 is 1.70. The van der Waals surface area contributed by atoms with Crippen LogP contribution in [-0.2, 0) is 0 Å². The van der Waals surface area contributed by atoms with Crippen LogP contribution in [0.15, 0.2) is 48.8 Å². The second-order valence-electron chi connectivity index (χ2n) is 3.64. The van der Waals surface area contributed by atoms with E-state index in [-0.39, 0.29) is 0 Å². The number of para-hydroxylation sites is 1. The lowest BCUT2D eigenvalue weighted by molar-refractivity contribution is 1.32. The first-order chi connectivity index (χ1) is 8.42. The van der Waals surface area contributed by atoms with E-state index >= 15 is 0 Å². The van der Waals surface area contributed by atoms with E-state index in [1.165, 1.54) is 4.70 Å². The fraction of sp³-hybridized carbons (Fsp3) is 0. The molecule has 0 bridgehead atoms. The van der Waals surface area contributed by atoms with E-state index in [0.29, 0.717) is 0 Å². The molecule has 0 aliphatic heterocycles. The van der Waals surface area contributed by atoms with Crippen LogP contribution in [0.4, 0.5) is 0 Å². The van der Waals surface area contributed by atoms with Crippen molar-refractivity contribution < 1.29 is 0 Å². The Morgan fingerprint density at radius 2 is 1.94 bits per heavy atom. The summed E-state index contributed by atoms with van der Waals surface area (Å²) in [6.45, 7) is 0. The largest absolute Gasteiger partial charge is 0.264 e. The molecule has 3 heteroatoms. The Bertz CT molecular complexity index is 623. The highest BCUT2D eigenvalue weighted by atomic mass is 32.1. The van der Waals surface area contributed by atoms with Crippen molar-refractivity contribution in [3.8, 4) is 0 Å². The van der Waals surface area contributed by atoms with Crippen LogP contribution in [0.2, 0.25) is 0 Å². The summed E-state index contributed by atoms with van der Waals surface area (Å²) in [5.74, 6) is 0. The first kappa shape index (κ1) is 10.2. The van der Waals surface area contributed by atoms with Gasteiger partial charge in [0.05, 0.1) is 10.2 Å². The molecule has 0 spiro atoms. The predicted octanol–water partition coefficient (Wildman–Crippen LogP) is 3.86. The van der Waals surface area contributed by atoms with E-state index in [4.69, 9.17) is 0 Å². The first-order valence-corrected chi connectivity index (χ1v) is 6.17. The van der Waals surface area contributed by atoms with Gasteiger partial charge in [-0.15, -0.1) is 11.3 Å².